The van der Waals surface area contributed by atoms with Gasteiger partial charge in [0.15, 0.2) is 0 Å². The molecule has 0 spiro atoms. The van der Waals surface area contributed by atoms with E-state index in [2.05, 4.69) is 30.2 Å². The second-order valence-electron chi connectivity index (χ2n) is 4.67. The van der Waals surface area contributed by atoms with Crippen LogP contribution >= 0.6 is 11.3 Å². The van der Waals surface area contributed by atoms with Crippen molar-refractivity contribution in [3.05, 3.63) is 21.9 Å². The summed E-state index contributed by atoms with van der Waals surface area (Å²) in [6.07, 6.45) is 1.27. The third kappa shape index (κ3) is 2.60. The molecule has 0 amide bonds. The van der Waals surface area contributed by atoms with Gasteiger partial charge in [0.05, 0.1) is 0 Å². The first kappa shape index (κ1) is 11.1. The molecule has 0 saturated carbocycles. The molecular weight excluding hydrogens is 204 g/mol. The maximum Gasteiger partial charge on any atom is 0.0330 e. The van der Waals surface area contributed by atoms with Crippen molar-refractivity contribution in [2.45, 2.75) is 32.9 Å². The quantitative estimate of drug-likeness (QED) is 0.853. The summed E-state index contributed by atoms with van der Waals surface area (Å²) in [6.45, 7) is 7.83. The number of thiophene rings is 1. The molecule has 2 rings (SSSR count). The summed E-state index contributed by atoms with van der Waals surface area (Å²) in [4.78, 5) is 4.05. The molecule has 0 bridgehead atoms. The minimum absolute atomic E-state index is 0.347. The summed E-state index contributed by atoms with van der Waals surface area (Å²) in [6, 6.07) is 2.55. The van der Waals surface area contributed by atoms with Crippen molar-refractivity contribution in [1.82, 2.24) is 4.90 Å². The molecule has 2 nitrogen and oxygen atoms in total. The van der Waals surface area contributed by atoms with Gasteiger partial charge in [0.25, 0.3) is 0 Å². The molecule has 0 aromatic carbocycles. The Morgan fingerprint density at radius 1 is 1.67 bits per heavy atom. The van der Waals surface area contributed by atoms with E-state index in [1.165, 1.54) is 30.0 Å². The molecule has 3 heteroatoms. The Bertz CT molecular complexity index is 319. The molecular formula is C12H20N2S. The van der Waals surface area contributed by atoms with E-state index >= 15 is 0 Å². The van der Waals surface area contributed by atoms with Crippen molar-refractivity contribution in [1.29, 1.82) is 0 Å². The summed E-state index contributed by atoms with van der Waals surface area (Å²) >= 11 is 1.87. The van der Waals surface area contributed by atoms with E-state index in [1.54, 1.807) is 0 Å². The predicted octanol–water partition coefficient (Wildman–Crippen LogP) is 2.23. The zero-order valence-electron chi connectivity index (χ0n) is 9.57. The van der Waals surface area contributed by atoms with Crippen LogP contribution in [0, 0.1) is 12.8 Å². The fourth-order valence-corrected chi connectivity index (χ4v) is 3.15. The van der Waals surface area contributed by atoms with E-state index in [0.717, 1.165) is 6.54 Å². The van der Waals surface area contributed by atoms with Crippen molar-refractivity contribution in [3.63, 3.8) is 0 Å². The van der Waals surface area contributed by atoms with E-state index in [0.29, 0.717) is 12.0 Å². The van der Waals surface area contributed by atoms with E-state index in [1.807, 2.05) is 11.3 Å². The lowest BCUT2D eigenvalue weighted by molar-refractivity contribution is 0.310. The van der Waals surface area contributed by atoms with E-state index in [-0.39, 0.29) is 0 Å². The molecule has 1 aliphatic heterocycles. The SMILES string of the molecule is Cc1ccsc1CN1CCC(C(C)N)C1. The van der Waals surface area contributed by atoms with Crippen LogP contribution in [0.2, 0.25) is 0 Å². The van der Waals surface area contributed by atoms with Crippen LogP contribution in [0.25, 0.3) is 0 Å². The van der Waals surface area contributed by atoms with Crippen molar-refractivity contribution in [3.8, 4) is 0 Å². The van der Waals surface area contributed by atoms with Gasteiger partial charge in [-0.2, -0.15) is 0 Å². The summed E-state index contributed by atoms with van der Waals surface area (Å²) in [5.74, 6) is 0.699. The summed E-state index contributed by atoms with van der Waals surface area (Å²) in [5.41, 5.74) is 7.37. The standard InChI is InChI=1S/C12H20N2S/c1-9-4-6-15-12(9)8-14-5-3-11(7-14)10(2)13/h4,6,10-11H,3,5,7-8,13H2,1-2H3. The van der Waals surface area contributed by atoms with Crippen LogP contribution in [-0.2, 0) is 6.54 Å². The number of aryl methyl sites for hydroxylation is 1. The first-order chi connectivity index (χ1) is 7.16. The molecule has 84 valence electrons. The van der Waals surface area contributed by atoms with Gasteiger partial charge < -0.3 is 5.73 Å². The number of likely N-dealkylation sites (tertiary alicyclic amines) is 1. The van der Waals surface area contributed by atoms with Crippen molar-refractivity contribution >= 4 is 11.3 Å². The van der Waals surface area contributed by atoms with Crippen LogP contribution in [0.15, 0.2) is 11.4 Å². The fourth-order valence-electron chi connectivity index (χ4n) is 2.20. The largest absolute Gasteiger partial charge is 0.328 e. The highest BCUT2D eigenvalue weighted by Gasteiger charge is 2.25. The van der Waals surface area contributed by atoms with Gasteiger partial charge in [0.1, 0.15) is 0 Å². The molecule has 1 aromatic rings. The molecule has 0 radical (unpaired) electrons. The van der Waals surface area contributed by atoms with Crippen LogP contribution in [-0.4, -0.2) is 24.0 Å². The maximum absolute atomic E-state index is 5.94. The third-order valence-electron chi connectivity index (χ3n) is 3.39. The Hall–Kier alpha value is -0.380. The smallest absolute Gasteiger partial charge is 0.0330 e. The highest BCUT2D eigenvalue weighted by molar-refractivity contribution is 7.10. The molecule has 15 heavy (non-hydrogen) atoms. The lowest BCUT2D eigenvalue weighted by atomic mass is 10.0. The minimum Gasteiger partial charge on any atom is -0.328 e. The number of rotatable bonds is 3. The summed E-state index contributed by atoms with van der Waals surface area (Å²) in [7, 11) is 0. The molecule has 1 saturated heterocycles. The van der Waals surface area contributed by atoms with Gasteiger partial charge in [-0.05, 0) is 49.7 Å². The maximum atomic E-state index is 5.94. The van der Waals surface area contributed by atoms with Crippen molar-refractivity contribution in [2.24, 2.45) is 11.7 Å². The lowest BCUT2D eigenvalue weighted by Gasteiger charge is -2.17. The number of hydrogen-bond acceptors (Lipinski definition) is 3. The zero-order chi connectivity index (χ0) is 10.8. The van der Waals surface area contributed by atoms with Crippen molar-refractivity contribution < 1.29 is 0 Å². The molecule has 2 atom stereocenters. The zero-order valence-corrected chi connectivity index (χ0v) is 10.4. The fraction of sp³-hybridized carbons (Fsp3) is 0.667. The van der Waals surface area contributed by atoms with Gasteiger partial charge in [-0.15, -0.1) is 11.3 Å². The van der Waals surface area contributed by atoms with Crippen LogP contribution < -0.4 is 5.73 Å². The third-order valence-corrected chi connectivity index (χ3v) is 4.40. The Kier molecular flexibility index (Phi) is 3.44. The molecule has 0 aliphatic carbocycles. The predicted molar refractivity (Wildman–Crippen MR) is 66.1 cm³/mol. The van der Waals surface area contributed by atoms with Crippen LogP contribution in [0.5, 0.6) is 0 Å². The van der Waals surface area contributed by atoms with Gasteiger partial charge in [0, 0.05) is 24.0 Å². The van der Waals surface area contributed by atoms with E-state index in [9.17, 15) is 0 Å². The first-order valence-electron chi connectivity index (χ1n) is 5.67. The van der Waals surface area contributed by atoms with Gasteiger partial charge in [-0.3, -0.25) is 4.90 Å². The summed E-state index contributed by atoms with van der Waals surface area (Å²) in [5, 5.41) is 2.18. The molecule has 1 aromatic heterocycles. The van der Waals surface area contributed by atoms with E-state index in [4.69, 9.17) is 5.73 Å². The van der Waals surface area contributed by atoms with Crippen LogP contribution in [0.3, 0.4) is 0 Å². The molecule has 1 fully saturated rings. The van der Waals surface area contributed by atoms with Gasteiger partial charge in [0.2, 0.25) is 0 Å². The summed E-state index contributed by atoms with van der Waals surface area (Å²) < 4.78 is 0. The van der Waals surface area contributed by atoms with Gasteiger partial charge in [-0.1, -0.05) is 0 Å². The van der Waals surface area contributed by atoms with Crippen LogP contribution in [0.4, 0.5) is 0 Å². The topological polar surface area (TPSA) is 29.3 Å². The Labute approximate surface area is 96.1 Å². The van der Waals surface area contributed by atoms with Crippen LogP contribution in [0.1, 0.15) is 23.8 Å². The average Bonchev–Trinajstić information content (AvgIpc) is 2.77. The average molecular weight is 224 g/mol. The van der Waals surface area contributed by atoms with Crippen molar-refractivity contribution in [2.75, 3.05) is 13.1 Å². The Balaban J connectivity index is 1.90. The lowest BCUT2D eigenvalue weighted by Crippen LogP contribution is -2.29. The molecule has 1 aliphatic rings. The molecule has 2 unspecified atom stereocenters. The number of hydrogen-bond donors (Lipinski definition) is 1. The monoisotopic (exact) mass is 224 g/mol. The molecule has 2 N–H and O–H groups in total. The highest BCUT2D eigenvalue weighted by atomic mass is 32.1. The molecule has 2 heterocycles. The first-order valence-corrected chi connectivity index (χ1v) is 6.55. The normalized spacial score (nSPS) is 24.6. The Morgan fingerprint density at radius 2 is 2.47 bits per heavy atom. The second kappa shape index (κ2) is 4.64. The Morgan fingerprint density at radius 3 is 3.00 bits per heavy atom. The highest BCUT2D eigenvalue weighted by Crippen LogP contribution is 2.24. The van der Waals surface area contributed by atoms with Gasteiger partial charge >= 0.3 is 0 Å². The van der Waals surface area contributed by atoms with Gasteiger partial charge in [-0.25, -0.2) is 0 Å². The van der Waals surface area contributed by atoms with E-state index < -0.39 is 0 Å². The second-order valence-corrected chi connectivity index (χ2v) is 5.67. The number of nitrogens with zero attached hydrogens (tertiary/aromatic N) is 1. The number of nitrogens with two attached hydrogens (primary N) is 1. The minimum atomic E-state index is 0.347.